The van der Waals surface area contributed by atoms with Crippen molar-refractivity contribution in [1.82, 2.24) is 15.0 Å². The van der Waals surface area contributed by atoms with E-state index in [-0.39, 0.29) is 5.41 Å². The summed E-state index contributed by atoms with van der Waals surface area (Å²) in [5, 5.41) is 0.520. The summed E-state index contributed by atoms with van der Waals surface area (Å²) in [5.41, 5.74) is 1.95. The van der Waals surface area contributed by atoms with E-state index in [1.54, 1.807) is 12.4 Å². The number of halogens is 1. The molecule has 0 aliphatic heterocycles. The molecule has 5 heteroatoms. The average molecular weight is 305 g/mol. The van der Waals surface area contributed by atoms with Crippen molar-refractivity contribution in [1.29, 1.82) is 0 Å². The highest BCUT2D eigenvalue weighted by molar-refractivity contribution is 6.30. The molecule has 4 nitrogen and oxygen atoms in total. The van der Waals surface area contributed by atoms with Crippen LogP contribution >= 0.6 is 11.6 Å². The van der Waals surface area contributed by atoms with E-state index >= 15 is 0 Å². The zero-order valence-corrected chi connectivity index (χ0v) is 13.9. The highest BCUT2D eigenvalue weighted by atomic mass is 35.5. The molecule has 0 spiro atoms. The second-order valence-corrected chi connectivity index (χ2v) is 6.61. The van der Waals surface area contributed by atoms with Crippen LogP contribution in [0.15, 0.2) is 24.5 Å². The first-order valence-electron chi connectivity index (χ1n) is 6.93. The molecule has 0 unspecified atom stereocenters. The maximum atomic E-state index is 6.28. The fraction of sp³-hybridized carbons (Fsp3) is 0.438. The molecule has 0 saturated carbocycles. The molecule has 0 fully saturated rings. The Labute approximate surface area is 131 Å². The van der Waals surface area contributed by atoms with E-state index in [9.17, 15) is 0 Å². The first-order valence-corrected chi connectivity index (χ1v) is 7.31. The van der Waals surface area contributed by atoms with Gasteiger partial charge in [-0.15, -0.1) is 0 Å². The molecular formula is C16H21ClN4. The Hall–Kier alpha value is -1.68. The minimum atomic E-state index is -0.135. The van der Waals surface area contributed by atoms with E-state index < -0.39 is 0 Å². The maximum Gasteiger partial charge on any atom is 0.137 e. The topological polar surface area (TPSA) is 41.9 Å². The Bertz CT molecular complexity index is 620. The molecule has 0 aromatic carbocycles. The van der Waals surface area contributed by atoms with Gasteiger partial charge in [-0.1, -0.05) is 32.4 Å². The molecule has 2 rings (SSSR count). The molecular weight excluding hydrogens is 284 g/mol. The third kappa shape index (κ3) is 3.70. The molecule has 2 aromatic heterocycles. The van der Waals surface area contributed by atoms with Crippen LogP contribution in [0.5, 0.6) is 0 Å². The predicted molar refractivity (Wildman–Crippen MR) is 86.8 cm³/mol. The molecule has 0 aliphatic carbocycles. The van der Waals surface area contributed by atoms with Gasteiger partial charge in [0, 0.05) is 37.0 Å². The molecule has 0 amide bonds. The smallest absolute Gasteiger partial charge is 0.137 e. The summed E-state index contributed by atoms with van der Waals surface area (Å²) in [7, 11) is 2.01. The van der Waals surface area contributed by atoms with E-state index in [0.29, 0.717) is 5.15 Å². The fourth-order valence-corrected chi connectivity index (χ4v) is 2.19. The number of nitrogens with zero attached hydrogens (tertiary/aromatic N) is 4. The van der Waals surface area contributed by atoms with Crippen molar-refractivity contribution in [2.45, 2.75) is 39.7 Å². The fourth-order valence-electron chi connectivity index (χ4n) is 2.02. The molecule has 21 heavy (non-hydrogen) atoms. The number of aromatic nitrogens is 3. The first-order chi connectivity index (χ1) is 9.79. The van der Waals surface area contributed by atoms with Gasteiger partial charge in [0.05, 0.1) is 0 Å². The minimum absolute atomic E-state index is 0.135. The Balaban J connectivity index is 2.36. The lowest BCUT2D eigenvalue weighted by molar-refractivity contribution is 0.543. The maximum absolute atomic E-state index is 6.28. The van der Waals surface area contributed by atoms with Crippen LogP contribution in [0.25, 0.3) is 0 Å². The van der Waals surface area contributed by atoms with Crippen LogP contribution in [0.3, 0.4) is 0 Å². The normalized spacial score (nSPS) is 11.5. The van der Waals surface area contributed by atoms with Crippen molar-refractivity contribution in [3.05, 3.63) is 46.6 Å². The molecule has 2 aromatic rings. The highest BCUT2D eigenvalue weighted by Crippen LogP contribution is 2.28. The van der Waals surface area contributed by atoms with Crippen LogP contribution < -0.4 is 4.90 Å². The standard InChI is InChI=1S/C16H21ClN4/c1-11-13(17)19-15(16(2,3)4)20-14(11)21(5)10-12-6-8-18-9-7-12/h6-9H,10H2,1-5H3. The summed E-state index contributed by atoms with van der Waals surface area (Å²) >= 11 is 6.28. The Kier molecular flexibility index (Phi) is 4.47. The third-order valence-corrected chi connectivity index (χ3v) is 3.63. The van der Waals surface area contributed by atoms with E-state index in [1.165, 1.54) is 5.56 Å². The van der Waals surface area contributed by atoms with Gasteiger partial charge in [0.2, 0.25) is 0 Å². The van der Waals surface area contributed by atoms with Gasteiger partial charge in [-0.05, 0) is 24.6 Å². The van der Waals surface area contributed by atoms with Gasteiger partial charge in [0.25, 0.3) is 0 Å². The molecule has 0 radical (unpaired) electrons. The van der Waals surface area contributed by atoms with Crippen LogP contribution in [0.1, 0.15) is 37.7 Å². The van der Waals surface area contributed by atoms with Crippen LogP contribution in [-0.4, -0.2) is 22.0 Å². The summed E-state index contributed by atoms with van der Waals surface area (Å²) in [6.45, 7) is 8.95. The van der Waals surface area contributed by atoms with Crippen molar-refractivity contribution in [2.24, 2.45) is 0 Å². The highest BCUT2D eigenvalue weighted by Gasteiger charge is 2.22. The first kappa shape index (κ1) is 15.7. The third-order valence-electron chi connectivity index (χ3n) is 3.26. The van der Waals surface area contributed by atoms with E-state index in [4.69, 9.17) is 16.6 Å². The lowest BCUT2D eigenvalue weighted by Crippen LogP contribution is -2.23. The lowest BCUT2D eigenvalue weighted by atomic mass is 9.95. The molecule has 112 valence electrons. The number of hydrogen-bond donors (Lipinski definition) is 0. The van der Waals surface area contributed by atoms with Crippen molar-refractivity contribution in [3.8, 4) is 0 Å². The molecule has 0 atom stereocenters. The molecule has 0 N–H and O–H groups in total. The zero-order valence-electron chi connectivity index (χ0n) is 13.2. The van der Waals surface area contributed by atoms with Crippen LogP contribution in [-0.2, 0) is 12.0 Å². The Morgan fingerprint density at radius 1 is 1.14 bits per heavy atom. The number of pyridine rings is 1. The molecule has 0 saturated heterocycles. The minimum Gasteiger partial charge on any atom is -0.355 e. The van der Waals surface area contributed by atoms with E-state index in [1.807, 2.05) is 26.1 Å². The summed E-state index contributed by atoms with van der Waals surface area (Å²) in [6.07, 6.45) is 3.59. The summed E-state index contributed by atoms with van der Waals surface area (Å²) in [5.74, 6) is 1.63. The van der Waals surface area contributed by atoms with Gasteiger partial charge in [-0.25, -0.2) is 9.97 Å². The Morgan fingerprint density at radius 3 is 2.33 bits per heavy atom. The zero-order chi connectivity index (χ0) is 15.6. The van der Waals surface area contributed by atoms with Gasteiger partial charge in [-0.3, -0.25) is 4.98 Å². The van der Waals surface area contributed by atoms with Gasteiger partial charge in [-0.2, -0.15) is 0 Å². The van der Waals surface area contributed by atoms with Crippen LogP contribution in [0.2, 0.25) is 5.15 Å². The monoisotopic (exact) mass is 304 g/mol. The average Bonchev–Trinajstić information content (AvgIpc) is 2.41. The second-order valence-electron chi connectivity index (χ2n) is 6.25. The van der Waals surface area contributed by atoms with E-state index in [0.717, 1.165) is 23.8 Å². The second kappa shape index (κ2) is 5.98. The van der Waals surface area contributed by atoms with Crippen molar-refractivity contribution >= 4 is 17.4 Å². The molecule has 0 bridgehead atoms. The van der Waals surface area contributed by atoms with E-state index in [2.05, 4.69) is 35.6 Å². The van der Waals surface area contributed by atoms with Crippen molar-refractivity contribution in [2.75, 3.05) is 11.9 Å². The summed E-state index contributed by atoms with van der Waals surface area (Å²) in [4.78, 5) is 15.3. The van der Waals surface area contributed by atoms with Crippen LogP contribution in [0, 0.1) is 6.92 Å². The summed E-state index contributed by atoms with van der Waals surface area (Å²) < 4.78 is 0. The van der Waals surface area contributed by atoms with Crippen molar-refractivity contribution < 1.29 is 0 Å². The Morgan fingerprint density at radius 2 is 1.76 bits per heavy atom. The number of anilines is 1. The van der Waals surface area contributed by atoms with Gasteiger partial charge in [0.1, 0.15) is 16.8 Å². The number of rotatable bonds is 3. The van der Waals surface area contributed by atoms with Gasteiger partial charge < -0.3 is 4.90 Å². The SMILES string of the molecule is Cc1c(Cl)nc(C(C)(C)C)nc1N(C)Cc1ccncc1. The predicted octanol–water partition coefficient (Wildman–Crippen LogP) is 3.77. The van der Waals surface area contributed by atoms with Gasteiger partial charge in [0.15, 0.2) is 0 Å². The lowest BCUT2D eigenvalue weighted by Gasteiger charge is -2.24. The number of hydrogen-bond acceptors (Lipinski definition) is 4. The molecule has 0 aliphatic rings. The quantitative estimate of drug-likeness (QED) is 0.810. The van der Waals surface area contributed by atoms with Crippen LogP contribution in [0.4, 0.5) is 5.82 Å². The van der Waals surface area contributed by atoms with Crippen molar-refractivity contribution in [3.63, 3.8) is 0 Å². The van der Waals surface area contributed by atoms with Gasteiger partial charge >= 0.3 is 0 Å². The largest absolute Gasteiger partial charge is 0.355 e. The molecule has 2 heterocycles. The summed E-state index contributed by atoms with van der Waals surface area (Å²) in [6, 6.07) is 4.00.